The third-order valence-electron chi connectivity index (χ3n) is 2.81. The van der Waals surface area contributed by atoms with Crippen LogP contribution in [-0.4, -0.2) is 13.1 Å². The summed E-state index contributed by atoms with van der Waals surface area (Å²) in [6.45, 7) is 1.46. The molecule has 0 amide bonds. The third kappa shape index (κ3) is 1.69. The molecular formula is C12H13F2NO. The maximum atomic E-state index is 13.9. The highest BCUT2D eigenvalue weighted by Crippen LogP contribution is 2.33. The number of nitrogens with one attached hydrogen (secondary N) is 1. The molecule has 1 atom stereocenters. The van der Waals surface area contributed by atoms with Crippen LogP contribution in [0, 0.1) is 0 Å². The SMILES string of the molecule is CNC(C)C(F)(F)c1ccc2occc2c1. The fourth-order valence-corrected chi connectivity index (χ4v) is 1.61. The van der Waals surface area contributed by atoms with Gasteiger partial charge >= 0.3 is 0 Å². The minimum Gasteiger partial charge on any atom is -0.464 e. The quantitative estimate of drug-likeness (QED) is 0.868. The lowest BCUT2D eigenvalue weighted by molar-refractivity contribution is -0.0352. The number of rotatable bonds is 3. The number of likely N-dealkylation sites (N-methyl/N-ethyl adjacent to an activating group) is 1. The van der Waals surface area contributed by atoms with Crippen LogP contribution in [0.25, 0.3) is 11.0 Å². The van der Waals surface area contributed by atoms with Gasteiger partial charge in [0.25, 0.3) is 5.92 Å². The fraction of sp³-hybridized carbons (Fsp3) is 0.333. The summed E-state index contributed by atoms with van der Waals surface area (Å²) in [6, 6.07) is 5.21. The van der Waals surface area contributed by atoms with E-state index in [1.165, 1.54) is 32.4 Å². The molecule has 0 spiro atoms. The van der Waals surface area contributed by atoms with Gasteiger partial charge in [-0.3, -0.25) is 0 Å². The Morgan fingerprint density at radius 1 is 1.31 bits per heavy atom. The van der Waals surface area contributed by atoms with Crippen molar-refractivity contribution >= 4 is 11.0 Å². The van der Waals surface area contributed by atoms with Gasteiger partial charge in [-0.05, 0) is 38.2 Å². The molecule has 1 heterocycles. The second kappa shape index (κ2) is 3.87. The van der Waals surface area contributed by atoms with Crippen LogP contribution in [0.2, 0.25) is 0 Å². The minimum atomic E-state index is -2.89. The molecule has 1 aromatic carbocycles. The van der Waals surface area contributed by atoms with Crippen LogP contribution in [0.1, 0.15) is 12.5 Å². The molecule has 1 N–H and O–H groups in total. The molecular weight excluding hydrogens is 212 g/mol. The van der Waals surface area contributed by atoms with E-state index in [0.29, 0.717) is 11.0 Å². The first-order valence-corrected chi connectivity index (χ1v) is 5.08. The molecule has 0 bridgehead atoms. The van der Waals surface area contributed by atoms with Crippen LogP contribution in [-0.2, 0) is 5.92 Å². The van der Waals surface area contributed by atoms with Gasteiger partial charge in [-0.2, -0.15) is 8.78 Å². The van der Waals surface area contributed by atoms with Crippen LogP contribution < -0.4 is 5.32 Å². The van der Waals surface area contributed by atoms with Gasteiger partial charge in [-0.25, -0.2) is 0 Å². The molecule has 0 fully saturated rings. The van der Waals surface area contributed by atoms with E-state index in [-0.39, 0.29) is 5.56 Å². The molecule has 1 aromatic heterocycles. The van der Waals surface area contributed by atoms with E-state index in [2.05, 4.69) is 5.32 Å². The number of halogens is 2. The summed E-state index contributed by atoms with van der Waals surface area (Å²) in [4.78, 5) is 0. The van der Waals surface area contributed by atoms with E-state index in [4.69, 9.17) is 4.42 Å². The summed E-state index contributed by atoms with van der Waals surface area (Å²) in [6.07, 6.45) is 1.49. The van der Waals surface area contributed by atoms with Crippen molar-refractivity contribution in [1.29, 1.82) is 0 Å². The lowest BCUT2D eigenvalue weighted by Crippen LogP contribution is -2.38. The summed E-state index contributed by atoms with van der Waals surface area (Å²) in [5, 5.41) is 3.27. The zero-order valence-electron chi connectivity index (χ0n) is 9.13. The Balaban J connectivity index is 2.45. The number of hydrogen-bond donors (Lipinski definition) is 1. The highest BCUT2D eigenvalue weighted by atomic mass is 19.3. The van der Waals surface area contributed by atoms with E-state index >= 15 is 0 Å². The first kappa shape index (κ1) is 11.1. The Kier molecular flexibility index (Phi) is 2.68. The normalized spacial score (nSPS) is 14.2. The fourth-order valence-electron chi connectivity index (χ4n) is 1.61. The van der Waals surface area contributed by atoms with Crippen molar-refractivity contribution in [2.75, 3.05) is 7.05 Å². The second-order valence-corrected chi connectivity index (χ2v) is 3.81. The highest BCUT2D eigenvalue weighted by molar-refractivity contribution is 5.77. The van der Waals surface area contributed by atoms with Crippen molar-refractivity contribution in [2.45, 2.75) is 18.9 Å². The molecule has 0 radical (unpaired) electrons. The van der Waals surface area contributed by atoms with Crippen LogP contribution in [0.4, 0.5) is 8.78 Å². The molecule has 16 heavy (non-hydrogen) atoms. The standard InChI is InChI=1S/C12H13F2NO/c1-8(15-2)12(13,14)10-3-4-11-9(7-10)5-6-16-11/h3-8,15H,1-2H3. The molecule has 2 aromatic rings. The first-order valence-electron chi connectivity index (χ1n) is 5.08. The van der Waals surface area contributed by atoms with Crippen molar-refractivity contribution in [3.05, 3.63) is 36.1 Å². The van der Waals surface area contributed by atoms with Crippen molar-refractivity contribution < 1.29 is 13.2 Å². The van der Waals surface area contributed by atoms with Crippen molar-refractivity contribution in [3.8, 4) is 0 Å². The van der Waals surface area contributed by atoms with Crippen molar-refractivity contribution in [1.82, 2.24) is 5.32 Å². The molecule has 0 aliphatic rings. The number of alkyl halides is 2. The van der Waals surface area contributed by atoms with Gasteiger partial charge < -0.3 is 9.73 Å². The molecule has 2 rings (SSSR count). The van der Waals surface area contributed by atoms with Crippen molar-refractivity contribution in [2.24, 2.45) is 0 Å². The van der Waals surface area contributed by atoms with Gasteiger partial charge in [0, 0.05) is 10.9 Å². The van der Waals surface area contributed by atoms with E-state index in [0.717, 1.165) is 0 Å². The zero-order chi connectivity index (χ0) is 11.8. The Morgan fingerprint density at radius 3 is 2.75 bits per heavy atom. The Labute approximate surface area is 92.2 Å². The smallest absolute Gasteiger partial charge is 0.287 e. The number of hydrogen-bond acceptors (Lipinski definition) is 2. The summed E-state index contributed by atoms with van der Waals surface area (Å²) in [5.74, 6) is -2.89. The molecule has 0 saturated heterocycles. The maximum Gasteiger partial charge on any atom is 0.287 e. The Bertz CT molecular complexity index is 492. The van der Waals surface area contributed by atoms with E-state index < -0.39 is 12.0 Å². The monoisotopic (exact) mass is 225 g/mol. The summed E-state index contributed by atoms with van der Waals surface area (Å²) < 4.78 is 32.9. The molecule has 2 nitrogen and oxygen atoms in total. The largest absolute Gasteiger partial charge is 0.464 e. The summed E-state index contributed by atoms with van der Waals surface area (Å²) in [7, 11) is 1.52. The highest BCUT2D eigenvalue weighted by Gasteiger charge is 2.37. The number of benzene rings is 1. The van der Waals surface area contributed by atoms with Gasteiger partial charge in [0.15, 0.2) is 0 Å². The average molecular weight is 225 g/mol. The Morgan fingerprint density at radius 2 is 2.06 bits per heavy atom. The maximum absolute atomic E-state index is 13.9. The topological polar surface area (TPSA) is 25.2 Å². The minimum absolute atomic E-state index is 0.00301. The molecule has 1 unspecified atom stereocenters. The van der Waals surface area contributed by atoms with E-state index in [1.807, 2.05) is 0 Å². The molecule has 0 aliphatic carbocycles. The van der Waals surface area contributed by atoms with Gasteiger partial charge in [0.2, 0.25) is 0 Å². The number of furan rings is 1. The van der Waals surface area contributed by atoms with E-state index in [1.54, 1.807) is 12.1 Å². The zero-order valence-corrected chi connectivity index (χ0v) is 9.13. The predicted octanol–water partition coefficient (Wildman–Crippen LogP) is 3.13. The predicted molar refractivity (Wildman–Crippen MR) is 58.6 cm³/mol. The molecule has 0 saturated carbocycles. The van der Waals surface area contributed by atoms with Crippen LogP contribution in [0.5, 0.6) is 0 Å². The second-order valence-electron chi connectivity index (χ2n) is 3.81. The van der Waals surface area contributed by atoms with Gasteiger partial charge in [-0.1, -0.05) is 0 Å². The lowest BCUT2D eigenvalue weighted by Gasteiger charge is -2.23. The third-order valence-corrected chi connectivity index (χ3v) is 2.81. The van der Waals surface area contributed by atoms with E-state index in [9.17, 15) is 8.78 Å². The summed E-state index contributed by atoms with van der Waals surface area (Å²) >= 11 is 0. The Hall–Kier alpha value is -1.42. The average Bonchev–Trinajstić information content (AvgIpc) is 2.74. The summed E-state index contributed by atoms with van der Waals surface area (Å²) in [5.41, 5.74) is 0.625. The molecule has 0 aliphatic heterocycles. The van der Waals surface area contributed by atoms with Crippen molar-refractivity contribution in [3.63, 3.8) is 0 Å². The van der Waals surface area contributed by atoms with Crippen LogP contribution in [0.15, 0.2) is 34.9 Å². The van der Waals surface area contributed by atoms with Gasteiger partial charge in [-0.15, -0.1) is 0 Å². The molecule has 4 heteroatoms. The van der Waals surface area contributed by atoms with Crippen LogP contribution >= 0.6 is 0 Å². The van der Waals surface area contributed by atoms with Gasteiger partial charge in [0.05, 0.1) is 12.3 Å². The molecule has 86 valence electrons. The number of fused-ring (bicyclic) bond motifs is 1. The first-order chi connectivity index (χ1) is 7.55. The van der Waals surface area contributed by atoms with Crippen LogP contribution in [0.3, 0.4) is 0 Å². The lowest BCUT2D eigenvalue weighted by atomic mass is 10.0. The van der Waals surface area contributed by atoms with Gasteiger partial charge in [0.1, 0.15) is 5.58 Å².